The number of nitrogens with zero attached hydrogens (tertiary/aromatic N) is 2. The van der Waals surface area contributed by atoms with E-state index in [0.717, 1.165) is 41.1 Å². The zero-order chi connectivity index (χ0) is 14.4. The van der Waals surface area contributed by atoms with Gasteiger partial charge in [-0.25, -0.2) is 9.97 Å². The minimum Gasteiger partial charge on any atom is -0.355 e. The summed E-state index contributed by atoms with van der Waals surface area (Å²) in [6, 6.07) is 7.77. The number of nitrogens with one attached hydrogen (secondary N) is 1. The zero-order valence-corrected chi connectivity index (χ0v) is 12.7. The molecule has 2 rings (SSSR count). The lowest BCUT2D eigenvalue weighted by Gasteiger charge is -2.07. The maximum atomic E-state index is 11.7. The first-order valence-electron chi connectivity index (χ1n) is 6.83. The van der Waals surface area contributed by atoms with E-state index in [1.54, 1.807) is 0 Å². The predicted octanol–water partition coefficient (Wildman–Crippen LogP) is 2.95. The number of aromatic nitrogens is 2. The second-order valence-corrected chi connectivity index (χ2v) is 5.56. The van der Waals surface area contributed by atoms with Crippen LogP contribution in [0.4, 0.5) is 0 Å². The van der Waals surface area contributed by atoms with E-state index < -0.39 is 0 Å². The third-order valence-corrected chi connectivity index (χ3v) is 3.96. The van der Waals surface area contributed by atoms with Gasteiger partial charge in [0.15, 0.2) is 0 Å². The lowest BCUT2D eigenvalue weighted by molar-refractivity contribution is -0.118. The van der Waals surface area contributed by atoms with Gasteiger partial charge >= 0.3 is 0 Å². The van der Waals surface area contributed by atoms with Gasteiger partial charge in [0.05, 0.1) is 22.5 Å². The van der Waals surface area contributed by atoms with E-state index in [1.807, 2.05) is 31.2 Å². The van der Waals surface area contributed by atoms with Crippen molar-refractivity contribution < 1.29 is 4.79 Å². The molecule has 0 fully saturated rings. The summed E-state index contributed by atoms with van der Waals surface area (Å²) in [7, 11) is 0. The molecule has 0 atom stereocenters. The van der Waals surface area contributed by atoms with Gasteiger partial charge in [-0.3, -0.25) is 4.79 Å². The highest BCUT2D eigenvalue weighted by Gasteiger charge is 2.08. The Morgan fingerprint density at radius 2 is 1.95 bits per heavy atom. The lowest BCUT2D eigenvalue weighted by atomic mass is 10.3. The average molecular weight is 289 g/mol. The van der Waals surface area contributed by atoms with E-state index >= 15 is 0 Å². The van der Waals surface area contributed by atoms with Crippen LogP contribution in [0.2, 0.25) is 0 Å². The van der Waals surface area contributed by atoms with Crippen molar-refractivity contribution in [3.05, 3.63) is 30.0 Å². The Morgan fingerprint density at radius 1 is 1.25 bits per heavy atom. The van der Waals surface area contributed by atoms with Crippen molar-refractivity contribution in [1.82, 2.24) is 15.3 Å². The predicted molar refractivity (Wildman–Crippen MR) is 82.9 cm³/mol. The summed E-state index contributed by atoms with van der Waals surface area (Å²) in [5.74, 6) is 0.440. The number of carbonyl (C=O) groups is 1. The largest absolute Gasteiger partial charge is 0.355 e. The SMILES string of the molecule is CCCCNC(=O)CSc1nc2ccccc2nc1C. The highest BCUT2D eigenvalue weighted by Crippen LogP contribution is 2.21. The molecule has 2 aromatic rings. The molecule has 0 saturated heterocycles. The molecule has 1 aromatic heterocycles. The first-order chi connectivity index (χ1) is 9.70. The number of rotatable bonds is 6. The number of unbranched alkanes of at least 4 members (excludes halogenated alkanes) is 1. The maximum Gasteiger partial charge on any atom is 0.230 e. The molecule has 0 saturated carbocycles. The number of aryl methyl sites for hydroxylation is 1. The van der Waals surface area contributed by atoms with Gasteiger partial charge in [-0.1, -0.05) is 37.2 Å². The number of hydrogen-bond acceptors (Lipinski definition) is 4. The molecule has 1 heterocycles. The Hall–Kier alpha value is -1.62. The van der Waals surface area contributed by atoms with Crippen molar-refractivity contribution in [1.29, 1.82) is 0 Å². The van der Waals surface area contributed by atoms with Gasteiger partial charge < -0.3 is 5.32 Å². The van der Waals surface area contributed by atoms with Crippen LogP contribution >= 0.6 is 11.8 Å². The second kappa shape index (κ2) is 7.24. The lowest BCUT2D eigenvalue weighted by Crippen LogP contribution is -2.26. The third-order valence-electron chi connectivity index (χ3n) is 2.89. The van der Waals surface area contributed by atoms with Gasteiger partial charge in [-0.05, 0) is 25.5 Å². The molecule has 0 aliphatic rings. The van der Waals surface area contributed by atoms with E-state index in [1.165, 1.54) is 11.8 Å². The average Bonchev–Trinajstić information content (AvgIpc) is 2.45. The van der Waals surface area contributed by atoms with Crippen molar-refractivity contribution in [3.63, 3.8) is 0 Å². The third kappa shape index (κ3) is 3.93. The Labute approximate surface area is 123 Å². The Kier molecular flexibility index (Phi) is 5.35. The van der Waals surface area contributed by atoms with Gasteiger partial charge in [-0.15, -0.1) is 0 Å². The molecular formula is C15H19N3OS. The smallest absolute Gasteiger partial charge is 0.230 e. The molecule has 0 unspecified atom stereocenters. The molecule has 0 spiro atoms. The number of benzene rings is 1. The number of para-hydroxylation sites is 2. The Bertz CT molecular complexity index is 601. The van der Waals surface area contributed by atoms with Crippen molar-refractivity contribution >= 4 is 28.7 Å². The minimum absolute atomic E-state index is 0.0535. The number of fused-ring (bicyclic) bond motifs is 1. The van der Waals surface area contributed by atoms with Gasteiger partial charge in [-0.2, -0.15) is 0 Å². The first-order valence-corrected chi connectivity index (χ1v) is 7.82. The maximum absolute atomic E-state index is 11.7. The monoisotopic (exact) mass is 289 g/mol. The fraction of sp³-hybridized carbons (Fsp3) is 0.400. The first kappa shape index (κ1) is 14.8. The van der Waals surface area contributed by atoms with Crippen LogP contribution in [-0.4, -0.2) is 28.2 Å². The van der Waals surface area contributed by atoms with E-state index in [-0.39, 0.29) is 5.91 Å². The van der Waals surface area contributed by atoms with Gasteiger partial charge in [0.1, 0.15) is 5.03 Å². The van der Waals surface area contributed by atoms with Crippen LogP contribution in [0, 0.1) is 6.92 Å². The molecule has 0 bridgehead atoms. The molecule has 4 nitrogen and oxygen atoms in total. The fourth-order valence-corrected chi connectivity index (χ4v) is 2.59. The highest BCUT2D eigenvalue weighted by atomic mass is 32.2. The van der Waals surface area contributed by atoms with E-state index in [9.17, 15) is 4.79 Å². The molecule has 1 amide bonds. The molecule has 1 N–H and O–H groups in total. The summed E-state index contributed by atoms with van der Waals surface area (Å²) in [5, 5.41) is 3.73. The topological polar surface area (TPSA) is 54.9 Å². The summed E-state index contributed by atoms with van der Waals surface area (Å²) in [4.78, 5) is 20.8. The quantitative estimate of drug-likeness (QED) is 0.656. The number of thioether (sulfide) groups is 1. The molecule has 5 heteroatoms. The van der Waals surface area contributed by atoms with E-state index in [2.05, 4.69) is 22.2 Å². The number of hydrogen-bond donors (Lipinski definition) is 1. The van der Waals surface area contributed by atoms with Crippen molar-refractivity contribution in [2.75, 3.05) is 12.3 Å². The summed E-state index contributed by atoms with van der Waals surface area (Å²) >= 11 is 1.44. The highest BCUT2D eigenvalue weighted by molar-refractivity contribution is 7.99. The van der Waals surface area contributed by atoms with Crippen molar-refractivity contribution in [2.45, 2.75) is 31.7 Å². The van der Waals surface area contributed by atoms with Crippen LogP contribution in [0.15, 0.2) is 29.3 Å². The molecule has 0 aliphatic heterocycles. The van der Waals surface area contributed by atoms with E-state index in [4.69, 9.17) is 0 Å². The zero-order valence-electron chi connectivity index (χ0n) is 11.8. The normalized spacial score (nSPS) is 10.7. The molecule has 1 aromatic carbocycles. The van der Waals surface area contributed by atoms with Crippen LogP contribution in [0.5, 0.6) is 0 Å². The van der Waals surface area contributed by atoms with Crippen LogP contribution in [0.25, 0.3) is 11.0 Å². The Morgan fingerprint density at radius 3 is 2.65 bits per heavy atom. The van der Waals surface area contributed by atoms with Gasteiger partial charge in [0.25, 0.3) is 0 Å². The standard InChI is InChI=1S/C15H19N3OS/c1-3-4-9-16-14(19)10-20-15-11(2)17-12-7-5-6-8-13(12)18-15/h5-8H,3-4,9-10H2,1-2H3,(H,16,19). The molecule has 20 heavy (non-hydrogen) atoms. The van der Waals surface area contributed by atoms with Crippen LogP contribution in [0.1, 0.15) is 25.5 Å². The summed E-state index contributed by atoms with van der Waals surface area (Å²) < 4.78 is 0. The molecular weight excluding hydrogens is 270 g/mol. The molecule has 106 valence electrons. The summed E-state index contributed by atoms with van der Waals surface area (Å²) in [6.45, 7) is 4.78. The number of carbonyl (C=O) groups excluding carboxylic acids is 1. The van der Waals surface area contributed by atoms with Gasteiger partial charge in [0, 0.05) is 6.54 Å². The summed E-state index contributed by atoms with van der Waals surface area (Å²) in [5.41, 5.74) is 2.63. The fourth-order valence-electron chi connectivity index (χ4n) is 1.80. The van der Waals surface area contributed by atoms with Gasteiger partial charge in [0.2, 0.25) is 5.91 Å². The Balaban J connectivity index is 1.99. The van der Waals surface area contributed by atoms with Crippen LogP contribution in [0.3, 0.4) is 0 Å². The molecule has 0 radical (unpaired) electrons. The van der Waals surface area contributed by atoms with Crippen molar-refractivity contribution in [2.24, 2.45) is 0 Å². The van der Waals surface area contributed by atoms with Crippen molar-refractivity contribution in [3.8, 4) is 0 Å². The minimum atomic E-state index is 0.0535. The van der Waals surface area contributed by atoms with E-state index in [0.29, 0.717) is 5.75 Å². The molecule has 0 aliphatic carbocycles. The second-order valence-electron chi connectivity index (χ2n) is 4.60. The van der Waals surface area contributed by atoms with Crippen LogP contribution in [-0.2, 0) is 4.79 Å². The summed E-state index contributed by atoms with van der Waals surface area (Å²) in [6.07, 6.45) is 2.11. The van der Waals surface area contributed by atoms with Crippen LogP contribution < -0.4 is 5.32 Å². The number of amides is 1.